The van der Waals surface area contributed by atoms with Crippen LogP contribution < -0.4 is 10.2 Å². The fraction of sp³-hybridized carbons (Fsp3) is 0.591. The lowest BCUT2D eigenvalue weighted by Gasteiger charge is -2.40. The number of carbonyl (C=O) groups excluding carboxylic acids is 1. The Morgan fingerprint density at radius 1 is 1.29 bits per heavy atom. The van der Waals surface area contributed by atoms with Gasteiger partial charge in [-0.2, -0.15) is 13.2 Å². The van der Waals surface area contributed by atoms with Crippen LogP contribution in [0.15, 0.2) is 22.9 Å². The molecule has 2 saturated heterocycles. The number of amides is 1. The van der Waals surface area contributed by atoms with Gasteiger partial charge >= 0.3 is 6.18 Å². The van der Waals surface area contributed by atoms with Crippen LogP contribution in [0.4, 0.5) is 24.9 Å². The van der Waals surface area contributed by atoms with E-state index in [4.69, 9.17) is 25.6 Å². The third-order valence-corrected chi connectivity index (χ3v) is 6.24. The van der Waals surface area contributed by atoms with Gasteiger partial charge < -0.3 is 18.9 Å². The summed E-state index contributed by atoms with van der Waals surface area (Å²) in [6.45, 7) is 5.39. The van der Waals surface area contributed by atoms with E-state index in [9.17, 15) is 18.0 Å². The van der Waals surface area contributed by atoms with Crippen molar-refractivity contribution in [2.24, 2.45) is 0 Å². The van der Waals surface area contributed by atoms with Gasteiger partial charge in [0.1, 0.15) is 11.9 Å². The summed E-state index contributed by atoms with van der Waals surface area (Å²) in [6.07, 6.45) is -0.619. The molecule has 0 saturated carbocycles. The molecule has 1 unspecified atom stereocenters. The molecule has 1 N–H and O–H groups in total. The molecule has 12 heteroatoms. The van der Waals surface area contributed by atoms with Crippen molar-refractivity contribution in [3.8, 4) is 0 Å². The van der Waals surface area contributed by atoms with Crippen molar-refractivity contribution in [3.63, 3.8) is 0 Å². The van der Waals surface area contributed by atoms with Gasteiger partial charge in [0.25, 0.3) is 0 Å². The molecular weight excluding hydrogens is 477 g/mol. The summed E-state index contributed by atoms with van der Waals surface area (Å²) in [4.78, 5) is 18.2. The molecule has 2 aromatic rings. The van der Waals surface area contributed by atoms with Gasteiger partial charge in [-0.3, -0.25) is 10.1 Å². The molecular formula is C22H26ClF3N4O4. The Kier molecular flexibility index (Phi) is 7.07. The van der Waals surface area contributed by atoms with E-state index in [1.165, 1.54) is 0 Å². The Morgan fingerprint density at radius 3 is 2.71 bits per heavy atom. The second-order valence-corrected chi connectivity index (χ2v) is 9.49. The van der Waals surface area contributed by atoms with Gasteiger partial charge in [-0.15, -0.1) is 0 Å². The van der Waals surface area contributed by atoms with E-state index in [-0.39, 0.29) is 23.0 Å². The van der Waals surface area contributed by atoms with Gasteiger partial charge in [0.2, 0.25) is 11.8 Å². The van der Waals surface area contributed by atoms with Crippen LogP contribution in [0.5, 0.6) is 0 Å². The molecule has 4 rings (SSSR count). The van der Waals surface area contributed by atoms with E-state index < -0.39 is 29.1 Å². The van der Waals surface area contributed by atoms with Crippen LogP contribution in [0, 0.1) is 0 Å². The maximum absolute atomic E-state index is 12.9. The van der Waals surface area contributed by atoms with Gasteiger partial charge in [-0.1, -0.05) is 30.6 Å². The number of alkyl halides is 3. The van der Waals surface area contributed by atoms with Crippen molar-refractivity contribution in [1.29, 1.82) is 0 Å². The summed E-state index contributed by atoms with van der Waals surface area (Å²) in [5, 5.41) is 6.57. The van der Waals surface area contributed by atoms with Gasteiger partial charge in [-0.25, -0.2) is 4.98 Å². The van der Waals surface area contributed by atoms with E-state index in [0.29, 0.717) is 38.1 Å². The van der Waals surface area contributed by atoms with Crippen molar-refractivity contribution in [2.75, 3.05) is 30.0 Å². The lowest BCUT2D eigenvalue weighted by Crippen LogP contribution is -2.55. The SMILES string of the molecule is CC(C)(CO[C@H]1CCCCO1)c1cc(NC(=O)C2CCN2c2ncc(C(F)(F)F)cc2Cl)on1. The number of hydrogen-bond acceptors (Lipinski definition) is 7. The Bertz CT molecular complexity index is 1020. The zero-order valence-corrected chi connectivity index (χ0v) is 19.6. The van der Waals surface area contributed by atoms with Crippen LogP contribution in [-0.4, -0.2) is 48.1 Å². The summed E-state index contributed by atoms with van der Waals surface area (Å²) in [5.74, 6) is -0.0979. The number of rotatable bonds is 7. The second kappa shape index (κ2) is 9.71. The molecule has 1 amide bonds. The van der Waals surface area contributed by atoms with Crippen molar-refractivity contribution >= 4 is 29.2 Å². The molecule has 0 bridgehead atoms. The average Bonchev–Trinajstić information content (AvgIpc) is 3.22. The first kappa shape index (κ1) is 24.7. The number of nitrogens with one attached hydrogen (secondary N) is 1. The Balaban J connectivity index is 1.36. The number of nitrogens with zero attached hydrogens (tertiary/aromatic N) is 3. The maximum Gasteiger partial charge on any atom is 0.417 e. The highest BCUT2D eigenvalue weighted by Gasteiger charge is 2.38. The monoisotopic (exact) mass is 502 g/mol. The predicted molar refractivity (Wildman–Crippen MR) is 118 cm³/mol. The topological polar surface area (TPSA) is 89.7 Å². The molecule has 2 aliphatic rings. The van der Waals surface area contributed by atoms with Crippen molar-refractivity contribution in [2.45, 2.75) is 63.5 Å². The number of aromatic nitrogens is 2. The zero-order chi connectivity index (χ0) is 24.5. The molecule has 4 heterocycles. The highest BCUT2D eigenvalue weighted by atomic mass is 35.5. The summed E-state index contributed by atoms with van der Waals surface area (Å²) in [6, 6.07) is 1.80. The van der Waals surface area contributed by atoms with Gasteiger partial charge in [0, 0.05) is 30.8 Å². The molecule has 34 heavy (non-hydrogen) atoms. The Labute approximate surface area is 199 Å². The fourth-order valence-electron chi connectivity index (χ4n) is 3.79. The molecule has 0 spiro atoms. The highest BCUT2D eigenvalue weighted by molar-refractivity contribution is 6.33. The summed E-state index contributed by atoms with van der Waals surface area (Å²) < 4.78 is 55.4. The Morgan fingerprint density at radius 2 is 2.09 bits per heavy atom. The number of anilines is 2. The lowest BCUT2D eigenvalue weighted by atomic mass is 9.90. The fourth-order valence-corrected chi connectivity index (χ4v) is 4.06. The van der Waals surface area contributed by atoms with Crippen LogP contribution in [0.3, 0.4) is 0 Å². The maximum atomic E-state index is 12.9. The summed E-state index contributed by atoms with van der Waals surface area (Å²) >= 11 is 6.03. The van der Waals surface area contributed by atoms with Gasteiger partial charge in [0.15, 0.2) is 6.29 Å². The first-order chi connectivity index (χ1) is 16.0. The zero-order valence-electron chi connectivity index (χ0n) is 18.8. The van der Waals surface area contributed by atoms with Crippen molar-refractivity contribution in [3.05, 3.63) is 34.6 Å². The quantitative estimate of drug-likeness (QED) is 0.582. The second-order valence-electron chi connectivity index (χ2n) is 9.08. The smallest absolute Gasteiger partial charge is 0.353 e. The third-order valence-electron chi connectivity index (χ3n) is 5.96. The molecule has 186 valence electrons. The molecule has 2 aliphatic heterocycles. The van der Waals surface area contributed by atoms with E-state index in [0.717, 1.165) is 25.3 Å². The van der Waals surface area contributed by atoms with Crippen LogP contribution in [0.2, 0.25) is 5.02 Å². The van der Waals surface area contributed by atoms with E-state index in [2.05, 4.69) is 15.5 Å². The normalized spacial score (nSPS) is 21.3. The Hall–Kier alpha value is -2.37. The minimum Gasteiger partial charge on any atom is -0.353 e. The summed E-state index contributed by atoms with van der Waals surface area (Å²) in [5.41, 5.74) is -0.817. The number of ether oxygens (including phenoxy) is 2. The molecule has 0 aliphatic carbocycles. The minimum absolute atomic E-state index is 0.127. The van der Waals surface area contributed by atoms with Gasteiger partial charge in [0.05, 0.1) is 22.9 Å². The molecule has 2 fully saturated rings. The van der Waals surface area contributed by atoms with Gasteiger partial charge in [-0.05, 0) is 31.7 Å². The van der Waals surface area contributed by atoms with Crippen LogP contribution in [-0.2, 0) is 25.9 Å². The van der Waals surface area contributed by atoms with Crippen LogP contribution >= 0.6 is 11.6 Å². The molecule has 2 atom stereocenters. The summed E-state index contributed by atoms with van der Waals surface area (Å²) in [7, 11) is 0. The first-order valence-corrected chi connectivity index (χ1v) is 11.4. The van der Waals surface area contributed by atoms with Crippen molar-refractivity contribution < 1.29 is 32.0 Å². The largest absolute Gasteiger partial charge is 0.417 e. The molecule has 0 radical (unpaired) electrons. The lowest BCUT2D eigenvalue weighted by molar-refractivity contribution is -0.170. The van der Waals surface area contributed by atoms with Crippen LogP contribution in [0.25, 0.3) is 0 Å². The van der Waals surface area contributed by atoms with E-state index in [1.54, 1.807) is 11.0 Å². The number of carbonyl (C=O) groups is 1. The number of pyridine rings is 1. The average molecular weight is 503 g/mol. The van der Waals surface area contributed by atoms with Crippen molar-refractivity contribution in [1.82, 2.24) is 10.1 Å². The molecule has 2 aromatic heterocycles. The minimum atomic E-state index is -4.55. The highest BCUT2D eigenvalue weighted by Crippen LogP contribution is 2.36. The third kappa shape index (κ3) is 5.47. The molecule has 8 nitrogen and oxygen atoms in total. The predicted octanol–water partition coefficient (Wildman–Crippen LogP) is 4.78. The number of hydrogen-bond donors (Lipinski definition) is 1. The standard InChI is InChI=1S/C22H26ClF3N4O4/c1-21(2,12-33-18-5-3-4-8-32-18)16-10-17(34-29-16)28-20(31)15-6-7-30(15)19-14(23)9-13(11-27-19)22(24,25)26/h9-11,15,18H,3-8,12H2,1-2H3,(H,28,31)/t15?,18-/m0/s1. The van der Waals surface area contributed by atoms with E-state index in [1.807, 2.05) is 13.8 Å². The number of halogens is 4. The van der Waals surface area contributed by atoms with E-state index >= 15 is 0 Å². The van der Waals surface area contributed by atoms with Crippen LogP contribution in [0.1, 0.15) is 50.8 Å². The first-order valence-electron chi connectivity index (χ1n) is 11.1. The molecule has 0 aromatic carbocycles.